The third kappa shape index (κ3) is 2.88. The van der Waals surface area contributed by atoms with Gasteiger partial charge in [-0.3, -0.25) is 10.1 Å². The molecule has 0 aliphatic heterocycles. The smallest absolute Gasteiger partial charge is 0.258 e. The normalized spacial score (nSPS) is 10.8. The molecule has 0 atom stereocenters. The molecule has 0 saturated heterocycles. The number of rotatable bonds is 3. The minimum Gasteiger partial charge on any atom is -0.258 e. The van der Waals surface area contributed by atoms with Gasteiger partial charge in [0.15, 0.2) is 5.82 Å². The first-order valence-electron chi connectivity index (χ1n) is 7.89. The van der Waals surface area contributed by atoms with E-state index in [2.05, 4.69) is 9.97 Å². The number of nitrogens with zero attached hydrogens (tertiary/aromatic N) is 3. The van der Waals surface area contributed by atoms with Gasteiger partial charge in [-0.15, -0.1) is 0 Å². The Balaban J connectivity index is 1.96. The van der Waals surface area contributed by atoms with Crippen molar-refractivity contribution in [1.82, 2.24) is 9.97 Å². The highest BCUT2D eigenvalue weighted by Gasteiger charge is 2.13. The summed E-state index contributed by atoms with van der Waals surface area (Å²) in [6, 6.07) is 19.8. The van der Waals surface area contributed by atoms with E-state index in [1.54, 1.807) is 18.2 Å². The lowest BCUT2D eigenvalue weighted by atomic mass is 10.1. The number of nitro groups is 1. The summed E-state index contributed by atoms with van der Waals surface area (Å²) in [6.07, 6.45) is 0. The van der Waals surface area contributed by atoms with E-state index in [9.17, 15) is 14.5 Å². The molecule has 126 valence electrons. The minimum absolute atomic E-state index is 0.00133. The first-order chi connectivity index (χ1) is 12.6. The predicted molar refractivity (Wildman–Crippen MR) is 97.0 cm³/mol. The zero-order valence-corrected chi connectivity index (χ0v) is 13.5. The Bertz CT molecular complexity index is 1110. The molecule has 0 radical (unpaired) electrons. The maximum atomic E-state index is 13.7. The molecule has 6 heteroatoms. The van der Waals surface area contributed by atoms with Crippen LogP contribution in [0.3, 0.4) is 0 Å². The molecule has 4 aromatic rings. The van der Waals surface area contributed by atoms with Crippen LogP contribution in [0.4, 0.5) is 10.1 Å². The molecule has 4 rings (SSSR count). The summed E-state index contributed by atoms with van der Waals surface area (Å²) in [6.45, 7) is 0. The van der Waals surface area contributed by atoms with Crippen LogP contribution in [0, 0.1) is 15.9 Å². The number of halogens is 1. The van der Waals surface area contributed by atoms with E-state index in [0.29, 0.717) is 28.0 Å². The quantitative estimate of drug-likeness (QED) is 0.386. The summed E-state index contributed by atoms with van der Waals surface area (Å²) in [7, 11) is 0. The molecular formula is C20H12FN3O2. The third-order valence-corrected chi connectivity index (χ3v) is 4.04. The zero-order chi connectivity index (χ0) is 18.1. The fourth-order valence-electron chi connectivity index (χ4n) is 2.78. The Morgan fingerprint density at radius 2 is 1.58 bits per heavy atom. The van der Waals surface area contributed by atoms with Gasteiger partial charge in [-0.05, 0) is 24.3 Å². The van der Waals surface area contributed by atoms with Crippen molar-refractivity contribution in [3.05, 3.63) is 88.7 Å². The SMILES string of the molecule is O=[N+]([O-])c1ccc(-c2nc(-c3ccccc3)nc3cc(F)ccc23)cc1. The van der Waals surface area contributed by atoms with Crippen LogP contribution < -0.4 is 0 Å². The second kappa shape index (κ2) is 6.33. The van der Waals surface area contributed by atoms with Crippen LogP contribution in [0.1, 0.15) is 0 Å². The van der Waals surface area contributed by atoms with Gasteiger partial charge in [0, 0.05) is 34.7 Å². The molecule has 26 heavy (non-hydrogen) atoms. The molecule has 0 unspecified atom stereocenters. The topological polar surface area (TPSA) is 68.9 Å². The van der Waals surface area contributed by atoms with Crippen molar-refractivity contribution in [3.8, 4) is 22.6 Å². The van der Waals surface area contributed by atoms with Crippen LogP contribution in [-0.4, -0.2) is 14.9 Å². The maximum absolute atomic E-state index is 13.7. The van der Waals surface area contributed by atoms with Crippen molar-refractivity contribution in [2.75, 3.05) is 0 Å². The summed E-state index contributed by atoms with van der Waals surface area (Å²) < 4.78 is 13.7. The first-order valence-corrected chi connectivity index (χ1v) is 7.89. The number of non-ortho nitro benzene ring substituents is 1. The number of aromatic nitrogens is 2. The van der Waals surface area contributed by atoms with Crippen LogP contribution in [0.15, 0.2) is 72.8 Å². The monoisotopic (exact) mass is 345 g/mol. The highest BCUT2D eigenvalue weighted by Crippen LogP contribution is 2.30. The predicted octanol–water partition coefficient (Wildman–Crippen LogP) is 5.01. The molecule has 0 fully saturated rings. The molecule has 5 nitrogen and oxygen atoms in total. The number of fused-ring (bicyclic) bond motifs is 1. The van der Waals surface area contributed by atoms with Crippen LogP contribution in [0.5, 0.6) is 0 Å². The number of hydrogen-bond acceptors (Lipinski definition) is 4. The third-order valence-electron chi connectivity index (χ3n) is 4.04. The van der Waals surface area contributed by atoms with E-state index in [1.165, 1.54) is 24.3 Å². The lowest BCUT2D eigenvalue weighted by Gasteiger charge is -2.09. The number of benzene rings is 3. The van der Waals surface area contributed by atoms with Crippen molar-refractivity contribution in [2.24, 2.45) is 0 Å². The van der Waals surface area contributed by atoms with Gasteiger partial charge >= 0.3 is 0 Å². The van der Waals surface area contributed by atoms with Crippen LogP contribution in [-0.2, 0) is 0 Å². The first kappa shape index (κ1) is 15.8. The lowest BCUT2D eigenvalue weighted by Crippen LogP contribution is -1.96. The van der Waals surface area contributed by atoms with E-state index in [1.807, 2.05) is 30.3 Å². The standard InChI is InChI=1S/C20H12FN3O2/c21-15-8-11-17-18(12-15)22-20(14-4-2-1-3-5-14)23-19(17)13-6-9-16(10-7-13)24(25)26/h1-12H. The minimum atomic E-state index is -0.452. The van der Waals surface area contributed by atoms with Crippen molar-refractivity contribution >= 4 is 16.6 Å². The Labute approximate surface area is 147 Å². The molecule has 0 spiro atoms. The van der Waals surface area contributed by atoms with Gasteiger partial charge in [-0.2, -0.15) is 0 Å². The van der Waals surface area contributed by atoms with E-state index in [0.717, 1.165) is 5.56 Å². The molecule has 0 bridgehead atoms. The Morgan fingerprint density at radius 3 is 2.27 bits per heavy atom. The summed E-state index contributed by atoms with van der Waals surface area (Å²) in [5, 5.41) is 11.6. The van der Waals surface area contributed by atoms with Gasteiger partial charge in [-0.25, -0.2) is 14.4 Å². The Morgan fingerprint density at radius 1 is 0.846 bits per heavy atom. The molecule has 0 aliphatic rings. The summed E-state index contributed by atoms with van der Waals surface area (Å²) in [5.41, 5.74) is 2.59. The average molecular weight is 345 g/mol. The Hall–Kier alpha value is -3.67. The largest absolute Gasteiger partial charge is 0.269 e. The molecular weight excluding hydrogens is 333 g/mol. The van der Waals surface area contributed by atoms with E-state index >= 15 is 0 Å². The highest BCUT2D eigenvalue weighted by molar-refractivity contribution is 5.93. The second-order valence-corrected chi connectivity index (χ2v) is 5.73. The zero-order valence-electron chi connectivity index (χ0n) is 13.5. The molecule has 1 heterocycles. The van der Waals surface area contributed by atoms with Gasteiger partial charge < -0.3 is 0 Å². The van der Waals surface area contributed by atoms with Crippen molar-refractivity contribution in [2.45, 2.75) is 0 Å². The summed E-state index contributed by atoms with van der Waals surface area (Å²) >= 11 is 0. The highest BCUT2D eigenvalue weighted by atomic mass is 19.1. The van der Waals surface area contributed by atoms with Crippen LogP contribution in [0.25, 0.3) is 33.5 Å². The van der Waals surface area contributed by atoms with E-state index in [-0.39, 0.29) is 11.5 Å². The Kier molecular flexibility index (Phi) is 3.85. The van der Waals surface area contributed by atoms with Crippen LogP contribution in [0.2, 0.25) is 0 Å². The fourth-order valence-corrected chi connectivity index (χ4v) is 2.78. The summed E-state index contributed by atoms with van der Waals surface area (Å²) in [5.74, 6) is 0.0851. The van der Waals surface area contributed by atoms with Crippen LogP contribution >= 0.6 is 0 Å². The maximum Gasteiger partial charge on any atom is 0.269 e. The molecule has 0 aliphatic carbocycles. The van der Waals surface area contributed by atoms with Crippen molar-refractivity contribution in [3.63, 3.8) is 0 Å². The molecule has 3 aromatic carbocycles. The summed E-state index contributed by atoms with van der Waals surface area (Å²) in [4.78, 5) is 19.5. The van der Waals surface area contributed by atoms with E-state index in [4.69, 9.17) is 0 Å². The molecule has 0 saturated carbocycles. The lowest BCUT2D eigenvalue weighted by molar-refractivity contribution is -0.384. The number of hydrogen-bond donors (Lipinski definition) is 0. The number of nitro benzene ring substituents is 1. The molecule has 0 N–H and O–H groups in total. The van der Waals surface area contributed by atoms with Gasteiger partial charge in [0.1, 0.15) is 5.82 Å². The van der Waals surface area contributed by atoms with Gasteiger partial charge in [0.2, 0.25) is 0 Å². The van der Waals surface area contributed by atoms with Crippen molar-refractivity contribution in [1.29, 1.82) is 0 Å². The fraction of sp³-hybridized carbons (Fsp3) is 0. The van der Waals surface area contributed by atoms with Crippen molar-refractivity contribution < 1.29 is 9.31 Å². The average Bonchev–Trinajstić information content (AvgIpc) is 2.67. The second-order valence-electron chi connectivity index (χ2n) is 5.73. The molecule has 0 amide bonds. The van der Waals surface area contributed by atoms with Gasteiger partial charge in [0.05, 0.1) is 16.1 Å². The molecule has 1 aromatic heterocycles. The van der Waals surface area contributed by atoms with Gasteiger partial charge in [0.25, 0.3) is 5.69 Å². The van der Waals surface area contributed by atoms with Gasteiger partial charge in [-0.1, -0.05) is 30.3 Å². The van der Waals surface area contributed by atoms with E-state index < -0.39 is 4.92 Å².